The van der Waals surface area contributed by atoms with E-state index < -0.39 is 33.1 Å². The lowest BCUT2D eigenvalue weighted by Gasteiger charge is -2.14. The molecule has 0 aliphatic rings. The number of ether oxygens (including phenoxy) is 3. The Kier molecular flexibility index (Phi) is 3.89. The van der Waals surface area contributed by atoms with Gasteiger partial charge in [0.1, 0.15) is 17.2 Å². The molecule has 30 heavy (non-hydrogen) atoms. The third-order valence-corrected chi connectivity index (χ3v) is 3.98. The zero-order valence-electron chi connectivity index (χ0n) is 24.3. The zero-order valence-corrected chi connectivity index (χ0v) is 15.3. The van der Waals surface area contributed by atoms with Gasteiger partial charge in [-0.05, 0) is 23.8 Å². The van der Waals surface area contributed by atoms with E-state index in [-0.39, 0.29) is 40.9 Å². The van der Waals surface area contributed by atoms with Gasteiger partial charge in [0.2, 0.25) is 5.88 Å². The molecule has 0 aliphatic heterocycles. The first-order chi connectivity index (χ1) is 18.0. The maximum absolute atomic E-state index is 12.7. The van der Waals surface area contributed by atoms with Crippen molar-refractivity contribution in [2.75, 3.05) is 27.7 Å². The fourth-order valence-corrected chi connectivity index (χ4v) is 2.51. The zero-order chi connectivity index (χ0) is 29.0. The van der Waals surface area contributed by atoms with Crippen LogP contribution in [0.1, 0.15) is 34.5 Å². The molecule has 0 fully saturated rings. The van der Waals surface area contributed by atoms with Crippen LogP contribution in [-0.4, -0.2) is 53.6 Å². The van der Waals surface area contributed by atoms with Gasteiger partial charge in [0.05, 0.1) is 57.6 Å². The Hall–Kier alpha value is -3.72. The van der Waals surface area contributed by atoms with Crippen LogP contribution in [-0.2, 0) is 0 Å². The number of pyridine rings is 1. The number of methoxy groups -OCH3 is 3. The quantitative estimate of drug-likeness (QED) is 0.570. The Balaban J connectivity index is 1.72. The van der Waals surface area contributed by atoms with Crippen LogP contribution >= 0.6 is 0 Å². The molecule has 0 unspecified atom stereocenters. The number of carbonyl (C=O) groups excluding carboxylic acids is 1. The molecule has 1 atom stereocenters. The first-order valence-electron chi connectivity index (χ1n) is 12.9. The van der Waals surface area contributed by atoms with Crippen LogP contribution in [0, 0.1) is 0 Å². The van der Waals surface area contributed by atoms with E-state index in [1.165, 1.54) is 42.9 Å². The van der Waals surface area contributed by atoms with Crippen LogP contribution in [0.25, 0.3) is 11.3 Å². The van der Waals surface area contributed by atoms with Crippen LogP contribution < -0.4 is 19.5 Å². The van der Waals surface area contributed by atoms with Crippen molar-refractivity contribution in [3.8, 4) is 28.6 Å². The van der Waals surface area contributed by atoms with Crippen LogP contribution in [0.2, 0.25) is 0 Å². The molecular formula is C21H22N4O5. The standard InChI is InChI=1S/C21H22N4O5/c1-28-15-6-14(7-16(8-15)29-2)19(26)12-24-21(27)18-11-22-10-17(25-18)13-4-5-20(30-3)23-9-13/h4-11,19,26H,12H2,1-3H3,(H,24,27)/t19-/m1/s1/i1D3,2D3,3D3. The number of hydrogen-bond donors (Lipinski definition) is 2. The predicted molar refractivity (Wildman–Crippen MR) is 109 cm³/mol. The van der Waals surface area contributed by atoms with Crippen LogP contribution in [0.4, 0.5) is 0 Å². The highest BCUT2D eigenvalue weighted by Gasteiger charge is 2.15. The van der Waals surface area contributed by atoms with Gasteiger partial charge in [-0.25, -0.2) is 9.97 Å². The molecule has 3 aromatic rings. The highest BCUT2D eigenvalue weighted by atomic mass is 16.5. The molecule has 0 saturated heterocycles. The van der Waals surface area contributed by atoms with E-state index in [0.29, 0.717) is 5.56 Å². The maximum atomic E-state index is 12.7. The average Bonchev–Trinajstić information content (AvgIpc) is 2.79. The fraction of sp³-hybridized carbons (Fsp3) is 0.238. The summed E-state index contributed by atoms with van der Waals surface area (Å²) in [6.45, 7) is -0.377. The SMILES string of the molecule is [2H]C([2H])([2H])Oc1cc(OC([2H])([2H])[2H])cc([C@H](O)CNC(=O)c2cncc(-c3ccc(OC([2H])([2H])[2H])nc3)n2)c1. The fourth-order valence-electron chi connectivity index (χ4n) is 2.51. The first-order valence-corrected chi connectivity index (χ1v) is 8.44. The van der Waals surface area contributed by atoms with E-state index in [4.69, 9.17) is 26.5 Å². The second kappa shape index (κ2) is 9.66. The largest absolute Gasteiger partial charge is 0.497 e. The molecule has 3 rings (SSSR count). The molecule has 156 valence electrons. The summed E-state index contributed by atoms with van der Waals surface area (Å²) in [6, 6.07) is 6.19. The van der Waals surface area contributed by atoms with Gasteiger partial charge in [0.25, 0.3) is 5.91 Å². The number of aliphatic hydroxyl groups excluding tert-OH is 1. The lowest BCUT2D eigenvalue weighted by atomic mass is 10.1. The highest BCUT2D eigenvalue weighted by molar-refractivity contribution is 5.92. The van der Waals surface area contributed by atoms with Crippen molar-refractivity contribution in [1.29, 1.82) is 0 Å². The van der Waals surface area contributed by atoms with Crippen molar-refractivity contribution >= 4 is 5.91 Å². The molecule has 2 N–H and O–H groups in total. The minimum Gasteiger partial charge on any atom is -0.497 e. The molecule has 0 bridgehead atoms. The summed E-state index contributed by atoms with van der Waals surface area (Å²) in [5.74, 6) is -1.40. The number of aromatic nitrogens is 3. The van der Waals surface area contributed by atoms with E-state index in [2.05, 4.69) is 20.3 Å². The number of rotatable bonds is 8. The summed E-state index contributed by atoms with van der Waals surface area (Å²) in [4.78, 5) is 24.7. The Morgan fingerprint density at radius 3 is 2.53 bits per heavy atom. The Bertz CT molecular complexity index is 1260. The third-order valence-electron chi connectivity index (χ3n) is 3.98. The molecule has 2 aromatic heterocycles. The molecule has 0 spiro atoms. The molecule has 9 heteroatoms. The minimum atomic E-state index is -2.85. The van der Waals surface area contributed by atoms with Crippen molar-refractivity contribution in [2.24, 2.45) is 0 Å². The lowest BCUT2D eigenvalue weighted by Crippen LogP contribution is -2.29. The minimum absolute atomic E-state index is 0.0153. The summed E-state index contributed by atoms with van der Waals surface area (Å²) >= 11 is 0. The molecule has 1 aromatic carbocycles. The number of nitrogens with zero attached hydrogens (tertiary/aromatic N) is 3. The summed E-state index contributed by atoms with van der Waals surface area (Å²) < 4.78 is 79.1. The Labute approximate surface area is 186 Å². The van der Waals surface area contributed by atoms with Crippen LogP contribution in [0.3, 0.4) is 0 Å². The van der Waals surface area contributed by atoms with Crippen molar-refractivity contribution in [1.82, 2.24) is 20.3 Å². The van der Waals surface area contributed by atoms with E-state index >= 15 is 0 Å². The van der Waals surface area contributed by atoms with Gasteiger partial charge in [-0.15, -0.1) is 0 Å². The van der Waals surface area contributed by atoms with E-state index in [1.54, 1.807) is 0 Å². The second-order valence-electron chi connectivity index (χ2n) is 5.94. The van der Waals surface area contributed by atoms with Crippen molar-refractivity contribution < 1.29 is 36.4 Å². The van der Waals surface area contributed by atoms with Gasteiger partial charge < -0.3 is 24.6 Å². The van der Waals surface area contributed by atoms with E-state index in [1.807, 2.05) is 0 Å². The van der Waals surface area contributed by atoms with E-state index in [0.717, 1.165) is 6.07 Å². The third kappa shape index (κ3) is 5.00. The molecular weight excluding hydrogens is 388 g/mol. The van der Waals surface area contributed by atoms with Gasteiger partial charge in [-0.1, -0.05) is 0 Å². The molecule has 0 aliphatic carbocycles. The number of carbonyl (C=O) groups is 1. The van der Waals surface area contributed by atoms with Crippen LogP contribution in [0.15, 0.2) is 48.9 Å². The summed E-state index contributed by atoms with van der Waals surface area (Å²) in [5.41, 5.74) is 0.565. The number of hydrogen-bond acceptors (Lipinski definition) is 8. The lowest BCUT2D eigenvalue weighted by molar-refractivity contribution is 0.0911. The Morgan fingerprint density at radius 1 is 1.10 bits per heavy atom. The molecule has 1 amide bonds. The van der Waals surface area contributed by atoms with E-state index in [9.17, 15) is 9.90 Å². The average molecular weight is 419 g/mol. The second-order valence-corrected chi connectivity index (χ2v) is 5.94. The van der Waals surface area contributed by atoms with Gasteiger partial charge in [0.15, 0.2) is 0 Å². The number of nitrogens with one attached hydrogen (secondary N) is 1. The summed E-state index contributed by atoms with van der Waals surface area (Å²) in [5, 5.41) is 13.1. The smallest absolute Gasteiger partial charge is 0.271 e. The summed E-state index contributed by atoms with van der Waals surface area (Å²) in [6.07, 6.45) is 2.41. The highest BCUT2D eigenvalue weighted by Crippen LogP contribution is 2.26. The molecule has 0 saturated carbocycles. The Morgan fingerprint density at radius 2 is 1.87 bits per heavy atom. The first kappa shape index (κ1) is 12.1. The van der Waals surface area contributed by atoms with Gasteiger partial charge >= 0.3 is 0 Å². The number of aliphatic hydroxyl groups is 1. The summed E-state index contributed by atoms with van der Waals surface area (Å²) in [7, 11) is -8.36. The molecule has 2 heterocycles. The van der Waals surface area contributed by atoms with Crippen LogP contribution in [0.5, 0.6) is 17.4 Å². The molecule has 9 nitrogen and oxygen atoms in total. The number of benzene rings is 1. The number of amides is 1. The van der Waals surface area contributed by atoms with Gasteiger partial charge in [-0.2, -0.15) is 0 Å². The monoisotopic (exact) mass is 419 g/mol. The predicted octanol–water partition coefficient (Wildman–Crippen LogP) is 2.03. The van der Waals surface area contributed by atoms with Crippen molar-refractivity contribution in [2.45, 2.75) is 6.10 Å². The van der Waals surface area contributed by atoms with Crippen molar-refractivity contribution in [3.05, 3.63) is 60.2 Å². The topological polar surface area (TPSA) is 116 Å². The van der Waals surface area contributed by atoms with Crippen molar-refractivity contribution in [3.63, 3.8) is 0 Å². The normalized spacial score (nSPS) is 17.2. The van der Waals surface area contributed by atoms with Gasteiger partial charge in [-0.3, -0.25) is 9.78 Å². The van der Waals surface area contributed by atoms with Gasteiger partial charge in [0, 0.05) is 30.4 Å². The molecule has 0 radical (unpaired) electrons. The maximum Gasteiger partial charge on any atom is 0.271 e.